The van der Waals surface area contributed by atoms with Gasteiger partial charge in [0.15, 0.2) is 0 Å². The quantitative estimate of drug-likeness (QED) is 0.253. The summed E-state index contributed by atoms with van der Waals surface area (Å²) in [5.74, 6) is -1.05. The number of benzene rings is 2. The lowest BCUT2D eigenvalue weighted by Crippen LogP contribution is -2.38. The van der Waals surface area contributed by atoms with E-state index in [1.54, 1.807) is 35.2 Å². The van der Waals surface area contributed by atoms with E-state index in [9.17, 15) is 27.6 Å². The maximum atomic E-state index is 13.5. The van der Waals surface area contributed by atoms with Crippen molar-refractivity contribution in [3.8, 4) is 0 Å². The molecule has 3 amide bonds. The summed E-state index contributed by atoms with van der Waals surface area (Å²) in [5.41, 5.74) is 2.26. The van der Waals surface area contributed by atoms with Gasteiger partial charge in [-0.3, -0.25) is 14.4 Å². The van der Waals surface area contributed by atoms with Gasteiger partial charge in [-0.2, -0.15) is 13.2 Å². The topological polar surface area (TPSA) is 129 Å². The van der Waals surface area contributed by atoms with Gasteiger partial charge in [-0.15, -0.1) is 0 Å². The molecular formula is C31H28F3N7O3. The van der Waals surface area contributed by atoms with Gasteiger partial charge in [0.1, 0.15) is 5.69 Å². The summed E-state index contributed by atoms with van der Waals surface area (Å²) in [6.07, 6.45) is -1.22. The maximum Gasteiger partial charge on any atom is 0.416 e. The number of carbonyl (C=O) groups is 3. The van der Waals surface area contributed by atoms with E-state index in [4.69, 9.17) is 0 Å². The second kappa shape index (κ2) is 12.1. The number of hydrogen-bond acceptors (Lipinski definition) is 7. The molecule has 0 atom stereocenters. The van der Waals surface area contributed by atoms with Gasteiger partial charge in [0, 0.05) is 42.1 Å². The van der Waals surface area contributed by atoms with Crippen LogP contribution in [0.4, 0.5) is 36.2 Å². The van der Waals surface area contributed by atoms with E-state index in [2.05, 4.69) is 30.9 Å². The Bertz CT molecular complexity index is 1740. The first-order chi connectivity index (χ1) is 20.9. The molecule has 0 saturated heterocycles. The van der Waals surface area contributed by atoms with Crippen LogP contribution >= 0.6 is 0 Å². The Balaban J connectivity index is 1.29. The lowest BCUT2D eigenvalue weighted by molar-refractivity contribution is -0.137. The molecule has 4 aromatic rings. The molecule has 0 saturated carbocycles. The Kier molecular flexibility index (Phi) is 8.30. The first-order valence-corrected chi connectivity index (χ1v) is 13.7. The molecule has 0 radical (unpaired) electrons. The molecule has 1 aliphatic heterocycles. The monoisotopic (exact) mass is 603 g/mol. The van der Waals surface area contributed by atoms with E-state index in [0.29, 0.717) is 41.3 Å². The summed E-state index contributed by atoms with van der Waals surface area (Å²) < 4.78 is 39.3. The number of amides is 3. The van der Waals surface area contributed by atoms with Gasteiger partial charge in [-0.1, -0.05) is 12.1 Å². The van der Waals surface area contributed by atoms with Gasteiger partial charge in [0.2, 0.25) is 5.95 Å². The highest BCUT2D eigenvalue weighted by Crippen LogP contribution is 2.31. The largest absolute Gasteiger partial charge is 0.416 e. The molecule has 44 heavy (non-hydrogen) atoms. The molecular weight excluding hydrogens is 575 g/mol. The fraction of sp³-hybridized carbons (Fsp3) is 0.226. The van der Waals surface area contributed by atoms with E-state index < -0.39 is 17.6 Å². The number of aryl methyl sites for hydroxylation is 1. The van der Waals surface area contributed by atoms with Crippen LogP contribution in [0.5, 0.6) is 0 Å². The lowest BCUT2D eigenvalue weighted by atomic mass is 10.0. The van der Waals surface area contributed by atoms with Gasteiger partial charge < -0.3 is 20.9 Å². The second-order valence-corrected chi connectivity index (χ2v) is 10.5. The van der Waals surface area contributed by atoms with Crippen LogP contribution in [0.25, 0.3) is 0 Å². The van der Waals surface area contributed by atoms with Crippen molar-refractivity contribution in [1.29, 1.82) is 0 Å². The summed E-state index contributed by atoms with van der Waals surface area (Å²) in [4.78, 5) is 52.9. The van der Waals surface area contributed by atoms with Gasteiger partial charge in [0.05, 0.1) is 28.7 Å². The predicted molar refractivity (Wildman–Crippen MR) is 158 cm³/mol. The van der Waals surface area contributed by atoms with Crippen LogP contribution < -0.4 is 20.9 Å². The Labute approximate surface area is 250 Å². The van der Waals surface area contributed by atoms with Crippen molar-refractivity contribution in [3.63, 3.8) is 0 Å². The third-order valence-electron chi connectivity index (χ3n) is 6.80. The summed E-state index contributed by atoms with van der Waals surface area (Å²) in [5, 5.41) is 8.43. The Morgan fingerprint density at radius 3 is 2.43 bits per heavy atom. The van der Waals surface area contributed by atoms with Crippen molar-refractivity contribution in [3.05, 3.63) is 101 Å². The van der Waals surface area contributed by atoms with Crippen molar-refractivity contribution in [2.45, 2.75) is 39.4 Å². The van der Waals surface area contributed by atoms with Crippen molar-refractivity contribution >= 4 is 40.7 Å². The van der Waals surface area contributed by atoms with E-state index in [1.165, 1.54) is 24.5 Å². The lowest BCUT2D eigenvalue weighted by Gasteiger charge is -2.29. The molecule has 5 rings (SSSR count). The molecule has 0 bridgehead atoms. The van der Waals surface area contributed by atoms with Crippen LogP contribution in [-0.2, 0) is 12.6 Å². The zero-order chi connectivity index (χ0) is 31.6. The number of nitrogens with zero attached hydrogens (tertiary/aromatic N) is 4. The van der Waals surface area contributed by atoms with Crippen LogP contribution in [0.1, 0.15) is 61.9 Å². The first-order valence-electron chi connectivity index (χ1n) is 13.7. The predicted octanol–water partition coefficient (Wildman–Crippen LogP) is 5.54. The van der Waals surface area contributed by atoms with E-state index in [0.717, 1.165) is 17.7 Å². The number of pyridine rings is 1. The molecule has 0 spiro atoms. The summed E-state index contributed by atoms with van der Waals surface area (Å²) in [6.45, 7) is 5.83. The van der Waals surface area contributed by atoms with E-state index >= 15 is 0 Å². The van der Waals surface area contributed by atoms with Crippen LogP contribution in [0.3, 0.4) is 0 Å². The fourth-order valence-electron chi connectivity index (χ4n) is 4.63. The maximum absolute atomic E-state index is 13.5. The molecule has 0 fully saturated rings. The highest BCUT2D eigenvalue weighted by atomic mass is 19.4. The second-order valence-electron chi connectivity index (χ2n) is 10.5. The van der Waals surface area contributed by atoms with Crippen molar-refractivity contribution < 1.29 is 27.6 Å². The molecule has 2 aromatic heterocycles. The molecule has 3 N–H and O–H groups in total. The number of carbonyl (C=O) groups excluding carboxylic acids is 3. The van der Waals surface area contributed by atoms with Crippen LogP contribution in [-0.4, -0.2) is 45.3 Å². The molecule has 0 aliphatic carbocycles. The minimum Gasteiger partial charge on any atom is -0.349 e. The van der Waals surface area contributed by atoms with Gasteiger partial charge in [-0.25, -0.2) is 15.0 Å². The SMILES string of the molecule is Cc1ccc(NC(=O)c2cccc(C(F)(F)F)c2)cc1N1CCc2nc(Nc3ccc(C(=O)NC(C)C)nc3)ncc2C1=O. The van der Waals surface area contributed by atoms with E-state index in [1.807, 2.05) is 20.8 Å². The third-order valence-corrected chi connectivity index (χ3v) is 6.80. The standard InChI is InChI=1S/C31H28F3N7O3/c1-17(2)37-28(43)25-10-9-22(15-35-25)39-30-36-16-23-24(40-30)11-12-41(29(23)44)26-14-21(8-7-18(26)3)38-27(42)19-5-4-6-20(13-19)31(32,33)34/h4-10,13-17H,11-12H2,1-3H3,(H,37,43)(H,38,42)(H,36,39,40). The Hall–Kier alpha value is -5.33. The van der Waals surface area contributed by atoms with Crippen LogP contribution in [0.15, 0.2) is 67.0 Å². The number of fused-ring (bicyclic) bond motifs is 1. The molecule has 10 nitrogen and oxygen atoms in total. The number of alkyl halides is 3. The van der Waals surface area contributed by atoms with Gasteiger partial charge in [0.25, 0.3) is 17.7 Å². The number of hydrogen-bond donors (Lipinski definition) is 3. The number of aromatic nitrogens is 3. The zero-order valence-electron chi connectivity index (χ0n) is 24.0. The van der Waals surface area contributed by atoms with Crippen LogP contribution in [0.2, 0.25) is 0 Å². The summed E-state index contributed by atoms with van der Waals surface area (Å²) in [7, 11) is 0. The first kappa shape index (κ1) is 30.1. The summed E-state index contributed by atoms with van der Waals surface area (Å²) in [6, 6.07) is 12.3. The minimum atomic E-state index is -4.58. The number of rotatable bonds is 7. The van der Waals surface area contributed by atoms with Crippen LogP contribution in [0, 0.1) is 6.92 Å². The van der Waals surface area contributed by atoms with Crippen molar-refractivity contribution in [2.75, 3.05) is 22.1 Å². The zero-order valence-corrected chi connectivity index (χ0v) is 24.0. The summed E-state index contributed by atoms with van der Waals surface area (Å²) >= 11 is 0. The van der Waals surface area contributed by atoms with Crippen molar-refractivity contribution in [2.24, 2.45) is 0 Å². The van der Waals surface area contributed by atoms with Gasteiger partial charge in [-0.05, 0) is 68.8 Å². The fourth-order valence-corrected chi connectivity index (χ4v) is 4.63. The van der Waals surface area contributed by atoms with Gasteiger partial charge >= 0.3 is 6.18 Å². The molecule has 13 heteroatoms. The molecule has 0 unspecified atom stereocenters. The Morgan fingerprint density at radius 2 is 1.73 bits per heavy atom. The average Bonchev–Trinajstić information content (AvgIpc) is 2.98. The highest BCUT2D eigenvalue weighted by molar-refractivity contribution is 6.09. The number of anilines is 4. The average molecular weight is 604 g/mol. The highest BCUT2D eigenvalue weighted by Gasteiger charge is 2.31. The molecule has 3 heterocycles. The van der Waals surface area contributed by atoms with Crippen molar-refractivity contribution in [1.82, 2.24) is 20.3 Å². The number of halogens is 3. The minimum absolute atomic E-state index is 0.0172. The third kappa shape index (κ3) is 6.66. The van der Waals surface area contributed by atoms with E-state index in [-0.39, 0.29) is 35.1 Å². The molecule has 226 valence electrons. The molecule has 1 aliphatic rings. The molecule has 2 aromatic carbocycles. The number of nitrogens with one attached hydrogen (secondary N) is 3. The Morgan fingerprint density at radius 1 is 0.955 bits per heavy atom. The normalized spacial score (nSPS) is 13.0. The smallest absolute Gasteiger partial charge is 0.349 e.